The summed E-state index contributed by atoms with van der Waals surface area (Å²) in [6.45, 7) is 6.24. The monoisotopic (exact) mass is 348 g/mol. The van der Waals surface area contributed by atoms with E-state index in [9.17, 15) is 4.79 Å². The normalized spacial score (nSPS) is 11.3. The molecule has 3 rings (SSSR count). The third-order valence-corrected chi connectivity index (χ3v) is 4.21. The summed E-state index contributed by atoms with van der Waals surface area (Å²) in [5.41, 5.74) is 1.60. The average molecular weight is 348 g/mol. The Bertz CT molecular complexity index is 855. The Morgan fingerprint density at radius 1 is 0.923 bits per heavy atom. The third-order valence-electron chi connectivity index (χ3n) is 4.21. The Morgan fingerprint density at radius 3 is 2.15 bits per heavy atom. The van der Waals surface area contributed by atoms with Crippen LogP contribution in [-0.4, -0.2) is 5.97 Å². The molecule has 1 heterocycles. The van der Waals surface area contributed by atoms with Gasteiger partial charge >= 0.3 is 5.97 Å². The van der Waals surface area contributed by atoms with E-state index < -0.39 is 0 Å². The first-order chi connectivity index (χ1) is 12.4. The summed E-state index contributed by atoms with van der Waals surface area (Å²) in [5, 5.41) is 0. The van der Waals surface area contributed by atoms with Gasteiger partial charge in [0.15, 0.2) is 5.75 Å². The molecule has 0 radical (unpaired) electrons. The van der Waals surface area contributed by atoms with E-state index in [1.165, 1.54) is 5.56 Å². The number of hydrogen-bond donors (Lipinski definition) is 0. The number of aryl methyl sites for hydroxylation is 2. The fourth-order valence-corrected chi connectivity index (χ4v) is 2.68. The summed E-state index contributed by atoms with van der Waals surface area (Å²) in [6.07, 6.45) is 1.51. The molecule has 3 heteroatoms. The van der Waals surface area contributed by atoms with Gasteiger partial charge in [0, 0.05) is 17.9 Å². The second-order valence-corrected chi connectivity index (χ2v) is 7.39. The minimum atomic E-state index is -0.368. The van der Waals surface area contributed by atoms with Crippen LogP contribution in [0, 0.1) is 0 Å². The van der Waals surface area contributed by atoms with Crippen LogP contribution in [0.15, 0.2) is 71.1 Å². The van der Waals surface area contributed by atoms with Crippen LogP contribution in [0.4, 0.5) is 0 Å². The number of carbonyl (C=O) groups excluding carboxylic acids is 1. The van der Waals surface area contributed by atoms with Gasteiger partial charge in [-0.05, 0) is 24.1 Å². The summed E-state index contributed by atoms with van der Waals surface area (Å²) in [5.74, 6) is 1.67. The summed E-state index contributed by atoms with van der Waals surface area (Å²) in [6, 6.07) is 21.1. The van der Waals surface area contributed by atoms with Gasteiger partial charge < -0.3 is 9.15 Å². The summed E-state index contributed by atoms with van der Waals surface area (Å²) in [4.78, 5) is 12.4. The fraction of sp³-hybridized carbons (Fsp3) is 0.261. The number of rotatable bonds is 5. The number of carbonyl (C=O) groups is 1. The molecule has 0 atom stereocenters. The Kier molecular flexibility index (Phi) is 5.27. The van der Waals surface area contributed by atoms with Crippen molar-refractivity contribution in [2.24, 2.45) is 0 Å². The first-order valence-corrected chi connectivity index (χ1v) is 8.88. The quantitative estimate of drug-likeness (QED) is 0.565. The molecule has 2 aromatic carbocycles. The second kappa shape index (κ2) is 7.61. The lowest BCUT2D eigenvalue weighted by Crippen LogP contribution is -2.10. The van der Waals surface area contributed by atoms with E-state index >= 15 is 0 Å². The molecule has 3 nitrogen and oxygen atoms in total. The second-order valence-electron chi connectivity index (χ2n) is 7.39. The van der Waals surface area contributed by atoms with E-state index in [2.05, 4.69) is 32.9 Å². The lowest BCUT2D eigenvalue weighted by molar-refractivity contribution is 0.0731. The molecule has 0 fully saturated rings. The van der Waals surface area contributed by atoms with Crippen molar-refractivity contribution in [2.75, 3.05) is 0 Å². The maximum Gasteiger partial charge on any atom is 0.343 e. The average Bonchev–Trinajstić information content (AvgIpc) is 3.05. The molecule has 0 saturated heterocycles. The van der Waals surface area contributed by atoms with Crippen LogP contribution in [0.1, 0.15) is 48.2 Å². The van der Waals surface area contributed by atoms with E-state index in [-0.39, 0.29) is 11.4 Å². The van der Waals surface area contributed by atoms with Crippen molar-refractivity contribution in [2.45, 2.75) is 39.0 Å². The number of hydrogen-bond acceptors (Lipinski definition) is 3. The highest BCUT2D eigenvalue weighted by atomic mass is 16.5. The molecule has 0 N–H and O–H groups in total. The summed E-state index contributed by atoms with van der Waals surface area (Å²) < 4.78 is 11.7. The Morgan fingerprint density at radius 2 is 1.54 bits per heavy atom. The number of furan rings is 1. The molecule has 0 aliphatic heterocycles. The van der Waals surface area contributed by atoms with Crippen molar-refractivity contribution in [3.63, 3.8) is 0 Å². The fourth-order valence-electron chi connectivity index (χ4n) is 2.68. The highest BCUT2D eigenvalue weighted by Gasteiger charge is 2.24. The van der Waals surface area contributed by atoms with Crippen molar-refractivity contribution >= 4 is 5.97 Å². The predicted octanol–water partition coefficient (Wildman–Crippen LogP) is 5.58. The van der Waals surface area contributed by atoms with Gasteiger partial charge in [-0.1, -0.05) is 69.3 Å². The van der Waals surface area contributed by atoms with Crippen LogP contribution in [-0.2, 0) is 18.3 Å². The molecule has 0 bridgehead atoms. The van der Waals surface area contributed by atoms with E-state index in [1.54, 1.807) is 12.1 Å². The van der Waals surface area contributed by atoms with Gasteiger partial charge in [-0.3, -0.25) is 0 Å². The predicted molar refractivity (Wildman–Crippen MR) is 103 cm³/mol. The van der Waals surface area contributed by atoms with Crippen molar-refractivity contribution < 1.29 is 13.9 Å². The molecule has 0 saturated carbocycles. The van der Waals surface area contributed by atoms with Gasteiger partial charge in [-0.15, -0.1) is 0 Å². The molecule has 134 valence electrons. The number of benzene rings is 2. The van der Waals surface area contributed by atoms with Crippen LogP contribution in [0.25, 0.3) is 0 Å². The van der Waals surface area contributed by atoms with Crippen LogP contribution in [0.5, 0.6) is 5.75 Å². The highest BCUT2D eigenvalue weighted by molar-refractivity contribution is 5.91. The molecule has 0 aliphatic carbocycles. The van der Waals surface area contributed by atoms with Crippen molar-refractivity contribution in [3.8, 4) is 5.75 Å². The molecule has 1 aromatic heterocycles. The van der Waals surface area contributed by atoms with E-state index in [4.69, 9.17) is 9.15 Å². The molecule has 0 aliphatic rings. The Balaban J connectivity index is 1.82. The minimum Gasteiger partial charge on any atom is -0.461 e. The molecular formula is C23H24O3. The minimum absolute atomic E-state index is 0.154. The first-order valence-electron chi connectivity index (χ1n) is 8.88. The maximum absolute atomic E-state index is 12.4. The molecule has 0 unspecified atom stereocenters. The zero-order valence-corrected chi connectivity index (χ0v) is 15.5. The van der Waals surface area contributed by atoms with Crippen molar-refractivity contribution in [1.82, 2.24) is 0 Å². The molecule has 0 amide bonds. The van der Waals surface area contributed by atoms with Gasteiger partial charge in [-0.2, -0.15) is 0 Å². The summed E-state index contributed by atoms with van der Waals surface area (Å²) >= 11 is 0. The lowest BCUT2D eigenvalue weighted by atomic mass is 9.93. The van der Waals surface area contributed by atoms with Crippen molar-refractivity contribution in [3.05, 3.63) is 89.4 Å². The van der Waals surface area contributed by atoms with Gasteiger partial charge in [0.25, 0.3) is 0 Å². The van der Waals surface area contributed by atoms with Crippen LogP contribution < -0.4 is 4.74 Å². The van der Waals surface area contributed by atoms with Crippen LogP contribution >= 0.6 is 0 Å². The van der Waals surface area contributed by atoms with Crippen molar-refractivity contribution in [1.29, 1.82) is 0 Å². The molecular weight excluding hydrogens is 324 g/mol. The van der Waals surface area contributed by atoms with Gasteiger partial charge in [0.05, 0.1) is 5.56 Å². The molecule has 3 aromatic rings. The van der Waals surface area contributed by atoms with Gasteiger partial charge in [0.1, 0.15) is 11.5 Å². The van der Waals surface area contributed by atoms with Crippen LogP contribution in [0.3, 0.4) is 0 Å². The SMILES string of the molecule is CC(C)(C)c1cc(OC(=O)c2ccccc2)c(CCc2ccccc2)o1. The topological polar surface area (TPSA) is 39.4 Å². The number of esters is 1. The number of ether oxygens (including phenoxy) is 1. The largest absolute Gasteiger partial charge is 0.461 e. The summed E-state index contributed by atoms with van der Waals surface area (Å²) in [7, 11) is 0. The Hall–Kier alpha value is -2.81. The molecule has 0 spiro atoms. The van der Waals surface area contributed by atoms with Gasteiger partial charge in [0.2, 0.25) is 0 Å². The first kappa shape index (κ1) is 18.0. The van der Waals surface area contributed by atoms with E-state index in [0.717, 1.165) is 12.2 Å². The van der Waals surface area contributed by atoms with Gasteiger partial charge in [-0.25, -0.2) is 4.79 Å². The smallest absolute Gasteiger partial charge is 0.343 e. The standard InChI is InChI=1S/C23H24O3/c1-23(2,3)21-16-20(26-22(24)18-12-8-5-9-13-18)19(25-21)15-14-17-10-6-4-7-11-17/h4-13,16H,14-15H2,1-3H3. The molecule has 26 heavy (non-hydrogen) atoms. The van der Waals surface area contributed by atoms with E-state index in [0.29, 0.717) is 23.5 Å². The zero-order chi connectivity index (χ0) is 18.6. The lowest BCUT2D eigenvalue weighted by Gasteiger charge is -2.13. The highest BCUT2D eigenvalue weighted by Crippen LogP contribution is 2.33. The maximum atomic E-state index is 12.4. The van der Waals surface area contributed by atoms with Crippen LogP contribution in [0.2, 0.25) is 0 Å². The zero-order valence-electron chi connectivity index (χ0n) is 15.5. The van der Waals surface area contributed by atoms with E-state index in [1.807, 2.05) is 42.5 Å². The third kappa shape index (κ3) is 4.42. The Labute approximate surface area is 154 Å².